The van der Waals surface area contributed by atoms with E-state index < -0.39 is 36.0 Å². The predicted molar refractivity (Wildman–Crippen MR) is 120 cm³/mol. The number of rotatable bonds is 6. The normalized spacial score (nSPS) is 18.9. The zero-order valence-electron chi connectivity index (χ0n) is 18.5. The van der Waals surface area contributed by atoms with Crippen LogP contribution in [0.1, 0.15) is 30.4 Å². The summed E-state index contributed by atoms with van der Waals surface area (Å²) in [5, 5.41) is 2.59. The Balaban J connectivity index is 1.52. The quantitative estimate of drug-likeness (QED) is 0.597. The molecule has 0 radical (unpaired) electrons. The van der Waals surface area contributed by atoms with Crippen LogP contribution in [0, 0.1) is 5.82 Å². The van der Waals surface area contributed by atoms with Gasteiger partial charge in [0.25, 0.3) is 11.5 Å². The summed E-state index contributed by atoms with van der Waals surface area (Å²) in [6.45, 7) is 1.84. The zero-order valence-corrected chi connectivity index (χ0v) is 18.5. The van der Waals surface area contributed by atoms with Gasteiger partial charge >= 0.3 is 0 Å². The Kier molecular flexibility index (Phi) is 6.78. The number of carbonyl (C=O) groups is 1. The Morgan fingerprint density at radius 3 is 2.68 bits per heavy atom. The van der Waals surface area contributed by atoms with Gasteiger partial charge in [-0.25, -0.2) is 18.2 Å². The fraction of sp³-hybridized carbons (Fsp3) is 0.333. The fourth-order valence-electron chi connectivity index (χ4n) is 4.04. The van der Waals surface area contributed by atoms with Crippen molar-refractivity contribution >= 4 is 11.7 Å². The average molecular weight is 471 g/mol. The number of pyridine rings is 3. The third kappa shape index (κ3) is 5.33. The number of piperidine rings is 1. The van der Waals surface area contributed by atoms with Crippen LogP contribution in [0.3, 0.4) is 0 Å². The van der Waals surface area contributed by atoms with Crippen LogP contribution in [-0.2, 0) is 11.3 Å². The molecular formula is C24H24F3N5O2. The first kappa shape index (κ1) is 23.6. The van der Waals surface area contributed by atoms with E-state index in [0.717, 1.165) is 11.8 Å². The van der Waals surface area contributed by atoms with Gasteiger partial charge in [0.1, 0.15) is 11.6 Å². The molecule has 2 unspecified atom stereocenters. The van der Waals surface area contributed by atoms with Gasteiger partial charge in [-0.2, -0.15) is 0 Å². The molecule has 1 fully saturated rings. The Bertz CT molecular complexity index is 1200. The van der Waals surface area contributed by atoms with E-state index in [4.69, 9.17) is 0 Å². The SMILES string of the molecule is CC(C(=O)Nc1ccc(F)cn1)N1CCC(F)(F)C(c2ccc(=O)n(Cc3ccncc3)c2)C1. The van der Waals surface area contributed by atoms with Gasteiger partial charge in [0.2, 0.25) is 5.91 Å². The summed E-state index contributed by atoms with van der Waals surface area (Å²) in [6.07, 6.45) is 5.24. The maximum absolute atomic E-state index is 15.0. The summed E-state index contributed by atoms with van der Waals surface area (Å²) < 4.78 is 44.4. The number of likely N-dealkylation sites (tertiary alicyclic amines) is 1. The van der Waals surface area contributed by atoms with Crippen molar-refractivity contribution < 1.29 is 18.0 Å². The summed E-state index contributed by atoms with van der Waals surface area (Å²) in [7, 11) is 0. The van der Waals surface area contributed by atoms with E-state index in [-0.39, 0.29) is 31.0 Å². The largest absolute Gasteiger partial charge is 0.311 e. The van der Waals surface area contributed by atoms with Crippen LogP contribution in [0.25, 0.3) is 0 Å². The number of hydrogen-bond donors (Lipinski definition) is 1. The molecule has 3 aromatic rings. The van der Waals surface area contributed by atoms with E-state index in [1.807, 2.05) is 0 Å². The molecule has 0 aromatic carbocycles. The van der Waals surface area contributed by atoms with Gasteiger partial charge in [-0.05, 0) is 42.3 Å². The van der Waals surface area contributed by atoms with Crippen molar-refractivity contribution in [2.45, 2.75) is 37.8 Å². The summed E-state index contributed by atoms with van der Waals surface area (Å²) in [6, 6.07) is 8.03. The summed E-state index contributed by atoms with van der Waals surface area (Å²) >= 11 is 0. The molecule has 0 bridgehead atoms. The molecule has 4 heterocycles. The van der Waals surface area contributed by atoms with Gasteiger partial charge in [-0.15, -0.1) is 0 Å². The third-order valence-electron chi connectivity index (χ3n) is 6.08. The monoisotopic (exact) mass is 471 g/mol. The lowest BCUT2D eigenvalue weighted by atomic mass is 9.87. The minimum Gasteiger partial charge on any atom is -0.311 e. The molecule has 0 spiro atoms. The fourth-order valence-corrected chi connectivity index (χ4v) is 4.04. The standard InChI is InChI=1S/C24H24F3N5O2/c1-16(23(34)30-21-4-3-19(25)12-29-21)31-11-8-24(26,27)20(15-31)18-2-5-22(33)32(14-18)13-17-6-9-28-10-7-17/h2-7,9-10,12,14,16,20H,8,11,13,15H2,1H3,(H,29,30,34). The van der Waals surface area contributed by atoms with Crippen LogP contribution in [-0.4, -0.2) is 50.4 Å². The molecule has 1 amide bonds. The number of alkyl halides is 2. The molecule has 1 aliphatic heterocycles. The molecule has 1 saturated heterocycles. The number of hydrogen-bond acceptors (Lipinski definition) is 5. The topological polar surface area (TPSA) is 80.1 Å². The highest BCUT2D eigenvalue weighted by molar-refractivity contribution is 5.93. The molecule has 10 heteroatoms. The highest BCUT2D eigenvalue weighted by Crippen LogP contribution is 2.40. The minimum atomic E-state index is -3.00. The van der Waals surface area contributed by atoms with Crippen LogP contribution >= 0.6 is 0 Å². The Morgan fingerprint density at radius 1 is 1.21 bits per heavy atom. The van der Waals surface area contributed by atoms with Crippen molar-refractivity contribution in [1.82, 2.24) is 19.4 Å². The van der Waals surface area contributed by atoms with E-state index in [1.165, 1.54) is 35.0 Å². The number of carbonyl (C=O) groups excluding carboxylic acids is 1. The van der Waals surface area contributed by atoms with Crippen LogP contribution < -0.4 is 10.9 Å². The van der Waals surface area contributed by atoms with E-state index in [9.17, 15) is 22.8 Å². The first-order valence-electron chi connectivity index (χ1n) is 10.9. The Labute approximate surface area is 194 Å². The van der Waals surface area contributed by atoms with Crippen LogP contribution in [0.2, 0.25) is 0 Å². The lowest BCUT2D eigenvalue weighted by Crippen LogP contribution is -2.52. The first-order valence-corrected chi connectivity index (χ1v) is 10.9. The smallest absolute Gasteiger partial charge is 0.257 e. The van der Waals surface area contributed by atoms with Gasteiger partial charge in [0.15, 0.2) is 0 Å². The van der Waals surface area contributed by atoms with Crippen molar-refractivity contribution in [2.75, 3.05) is 18.4 Å². The summed E-state index contributed by atoms with van der Waals surface area (Å²) in [4.78, 5) is 34.4. The average Bonchev–Trinajstić information content (AvgIpc) is 2.82. The number of nitrogens with zero attached hydrogens (tertiary/aromatic N) is 4. The molecule has 2 atom stereocenters. The second-order valence-electron chi connectivity index (χ2n) is 8.37. The van der Waals surface area contributed by atoms with Crippen molar-refractivity contribution in [2.24, 2.45) is 0 Å². The highest BCUT2D eigenvalue weighted by Gasteiger charge is 2.46. The van der Waals surface area contributed by atoms with Gasteiger partial charge in [-0.3, -0.25) is 19.5 Å². The summed E-state index contributed by atoms with van der Waals surface area (Å²) in [5.74, 6) is -4.96. The maximum Gasteiger partial charge on any atom is 0.257 e. The zero-order chi connectivity index (χ0) is 24.3. The molecule has 178 valence electrons. The molecule has 7 nitrogen and oxygen atoms in total. The second kappa shape index (κ2) is 9.76. The number of anilines is 1. The van der Waals surface area contributed by atoms with E-state index in [2.05, 4.69) is 15.3 Å². The molecule has 1 N–H and O–H groups in total. The van der Waals surface area contributed by atoms with E-state index in [1.54, 1.807) is 36.4 Å². The molecule has 34 heavy (non-hydrogen) atoms. The molecule has 3 aromatic heterocycles. The lowest BCUT2D eigenvalue weighted by Gasteiger charge is -2.40. The Morgan fingerprint density at radius 2 is 1.97 bits per heavy atom. The van der Waals surface area contributed by atoms with Crippen molar-refractivity contribution in [3.8, 4) is 0 Å². The number of amides is 1. The van der Waals surface area contributed by atoms with Gasteiger partial charge < -0.3 is 9.88 Å². The van der Waals surface area contributed by atoms with Crippen LogP contribution in [0.5, 0.6) is 0 Å². The van der Waals surface area contributed by atoms with Crippen molar-refractivity contribution in [3.63, 3.8) is 0 Å². The van der Waals surface area contributed by atoms with Gasteiger partial charge in [0, 0.05) is 44.2 Å². The van der Waals surface area contributed by atoms with Crippen LogP contribution in [0.15, 0.2) is 66.0 Å². The van der Waals surface area contributed by atoms with Crippen molar-refractivity contribution in [1.29, 1.82) is 0 Å². The van der Waals surface area contributed by atoms with E-state index in [0.29, 0.717) is 5.56 Å². The van der Waals surface area contributed by atoms with E-state index >= 15 is 0 Å². The number of aromatic nitrogens is 3. The van der Waals surface area contributed by atoms with Gasteiger partial charge in [-0.1, -0.05) is 6.07 Å². The lowest BCUT2D eigenvalue weighted by molar-refractivity contribution is -0.125. The second-order valence-corrected chi connectivity index (χ2v) is 8.37. The molecule has 0 saturated carbocycles. The summed E-state index contributed by atoms with van der Waals surface area (Å²) in [5.41, 5.74) is 0.859. The van der Waals surface area contributed by atoms with Crippen LogP contribution in [0.4, 0.5) is 19.0 Å². The predicted octanol–water partition coefficient (Wildman–Crippen LogP) is 3.28. The number of nitrogens with one attached hydrogen (secondary N) is 1. The Hall–Kier alpha value is -3.53. The minimum absolute atomic E-state index is 0.0333. The maximum atomic E-state index is 15.0. The third-order valence-corrected chi connectivity index (χ3v) is 6.08. The molecular weight excluding hydrogens is 447 g/mol. The highest BCUT2D eigenvalue weighted by atomic mass is 19.3. The number of halogens is 3. The van der Waals surface area contributed by atoms with Crippen molar-refractivity contribution in [3.05, 3.63) is 88.5 Å². The molecule has 4 rings (SSSR count). The molecule has 1 aliphatic rings. The first-order chi connectivity index (χ1) is 16.2. The molecule has 0 aliphatic carbocycles. The van der Waals surface area contributed by atoms with Gasteiger partial charge in [0.05, 0.1) is 24.7 Å².